The highest BCUT2D eigenvalue weighted by molar-refractivity contribution is 5.73. The first-order chi connectivity index (χ1) is 5.37. The molecule has 0 aliphatic rings. The van der Waals surface area contributed by atoms with Crippen LogP contribution in [-0.4, -0.2) is 34.4 Å². The van der Waals surface area contributed by atoms with Crippen molar-refractivity contribution in [2.75, 3.05) is 6.54 Å². The summed E-state index contributed by atoms with van der Waals surface area (Å²) in [7, 11) is 0. The highest BCUT2D eigenvalue weighted by Gasteiger charge is 2.18. The van der Waals surface area contributed by atoms with Crippen LogP contribution in [-0.2, 0) is 4.79 Å². The van der Waals surface area contributed by atoms with Crippen molar-refractivity contribution < 1.29 is 15.0 Å². The van der Waals surface area contributed by atoms with Crippen molar-refractivity contribution in [3.05, 3.63) is 0 Å². The van der Waals surface area contributed by atoms with Gasteiger partial charge in [-0.3, -0.25) is 4.79 Å². The third-order valence-corrected chi connectivity index (χ3v) is 1.49. The van der Waals surface area contributed by atoms with E-state index in [0.29, 0.717) is 6.42 Å². The van der Waals surface area contributed by atoms with Gasteiger partial charge in [0.05, 0.1) is 5.60 Å². The lowest BCUT2D eigenvalue weighted by Crippen LogP contribution is -2.44. The van der Waals surface area contributed by atoms with E-state index >= 15 is 0 Å². The molecule has 0 saturated heterocycles. The van der Waals surface area contributed by atoms with Crippen LogP contribution in [0.3, 0.4) is 0 Å². The average molecular weight is 175 g/mol. The number of hydrogen-bond donors (Lipinski definition) is 3. The van der Waals surface area contributed by atoms with Crippen molar-refractivity contribution in [1.82, 2.24) is 5.32 Å². The summed E-state index contributed by atoms with van der Waals surface area (Å²) in [6, 6.07) is -0.559. The van der Waals surface area contributed by atoms with E-state index in [1.807, 2.05) is 0 Å². The quantitative estimate of drug-likeness (QED) is 0.558. The second-order valence-electron chi connectivity index (χ2n) is 3.49. The first-order valence-electron chi connectivity index (χ1n) is 4.05. The molecular formula is C8H17NO3. The summed E-state index contributed by atoms with van der Waals surface area (Å²) in [5.41, 5.74) is -0.858. The monoisotopic (exact) mass is 175 g/mol. The van der Waals surface area contributed by atoms with Gasteiger partial charge in [-0.25, -0.2) is 0 Å². The van der Waals surface area contributed by atoms with Crippen LogP contribution in [0, 0.1) is 0 Å². The van der Waals surface area contributed by atoms with Gasteiger partial charge in [-0.05, 0) is 20.3 Å². The molecular weight excluding hydrogens is 158 g/mol. The molecule has 4 heteroatoms. The van der Waals surface area contributed by atoms with E-state index in [1.165, 1.54) is 0 Å². The summed E-state index contributed by atoms with van der Waals surface area (Å²) in [5.74, 6) is -0.873. The van der Waals surface area contributed by atoms with Gasteiger partial charge in [-0.1, -0.05) is 6.92 Å². The minimum Gasteiger partial charge on any atom is -0.480 e. The molecule has 0 heterocycles. The summed E-state index contributed by atoms with van der Waals surface area (Å²) < 4.78 is 0. The van der Waals surface area contributed by atoms with Crippen LogP contribution < -0.4 is 5.32 Å². The predicted molar refractivity (Wildman–Crippen MR) is 46.0 cm³/mol. The van der Waals surface area contributed by atoms with E-state index in [-0.39, 0.29) is 6.54 Å². The van der Waals surface area contributed by atoms with Gasteiger partial charge in [0, 0.05) is 6.54 Å². The Hall–Kier alpha value is -0.610. The molecule has 0 bridgehead atoms. The second kappa shape index (κ2) is 4.42. The van der Waals surface area contributed by atoms with E-state index < -0.39 is 17.6 Å². The Morgan fingerprint density at radius 2 is 2.08 bits per heavy atom. The van der Waals surface area contributed by atoms with E-state index in [4.69, 9.17) is 5.11 Å². The molecule has 0 aliphatic carbocycles. The van der Waals surface area contributed by atoms with Crippen molar-refractivity contribution in [3.8, 4) is 0 Å². The van der Waals surface area contributed by atoms with Gasteiger partial charge in [-0.15, -0.1) is 0 Å². The van der Waals surface area contributed by atoms with Gasteiger partial charge in [0.25, 0.3) is 0 Å². The lowest BCUT2D eigenvalue weighted by Gasteiger charge is -2.20. The van der Waals surface area contributed by atoms with Crippen LogP contribution in [0.15, 0.2) is 0 Å². The first-order valence-corrected chi connectivity index (χ1v) is 4.05. The fourth-order valence-corrected chi connectivity index (χ4v) is 0.779. The topological polar surface area (TPSA) is 69.6 Å². The van der Waals surface area contributed by atoms with Gasteiger partial charge >= 0.3 is 5.97 Å². The van der Waals surface area contributed by atoms with Crippen LogP contribution in [0.4, 0.5) is 0 Å². The Balaban J connectivity index is 3.81. The third-order valence-electron chi connectivity index (χ3n) is 1.49. The second-order valence-corrected chi connectivity index (χ2v) is 3.49. The molecule has 1 atom stereocenters. The van der Waals surface area contributed by atoms with E-state index in [9.17, 15) is 9.90 Å². The van der Waals surface area contributed by atoms with Crippen molar-refractivity contribution >= 4 is 5.97 Å². The zero-order valence-corrected chi connectivity index (χ0v) is 7.79. The molecule has 0 fully saturated rings. The molecule has 1 unspecified atom stereocenters. The number of aliphatic carboxylic acids is 1. The number of rotatable bonds is 5. The standard InChI is InChI=1S/C8H17NO3/c1-4-6(7(10)11)9-5-8(2,3)12/h6,9,12H,4-5H2,1-3H3,(H,10,11). The molecule has 0 saturated carbocycles. The molecule has 0 aromatic heterocycles. The van der Waals surface area contributed by atoms with Gasteiger partial charge in [0.2, 0.25) is 0 Å². The highest BCUT2D eigenvalue weighted by atomic mass is 16.4. The first kappa shape index (κ1) is 11.4. The normalized spacial score (nSPS) is 14.3. The minimum absolute atomic E-state index is 0.289. The van der Waals surface area contributed by atoms with Gasteiger partial charge < -0.3 is 15.5 Å². The maximum atomic E-state index is 10.5. The van der Waals surface area contributed by atoms with E-state index in [0.717, 1.165) is 0 Å². The number of aliphatic hydroxyl groups is 1. The Labute approximate surface area is 72.6 Å². The summed E-state index contributed by atoms with van der Waals surface area (Å²) in [4.78, 5) is 10.5. The fraction of sp³-hybridized carbons (Fsp3) is 0.875. The maximum Gasteiger partial charge on any atom is 0.320 e. The smallest absolute Gasteiger partial charge is 0.320 e. The Morgan fingerprint density at radius 3 is 2.33 bits per heavy atom. The molecule has 0 spiro atoms. The molecule has 4 nitrogen and oxygen atoms in total. The average Bonchev–Trinajstić information content (AvgIpc) is 1.85. The van der Waals surface area contributed by atoms with Crippen LogP contribution in [0.2, 0.25) is 0 Å². The number of carboxylic acid groups (broad SMARTS) is 1. The Bertz CT molecular complexity index is 151. The van der Waals surface area contributed by atoms with Crippen molar-refractivity contribution in [1.29, 1.82) is 0 Å². The highest BCUT2D eigenvalue weighted by Crippen LogP contribution is 1.99. The summed E-state index contributed by atoms with van der Waals surface area (Å²) in [5, 5.41) is 20.7. The number of nitrogens with one attached hydrogen (secondary N) is 1. The largest absolute Gasteiger partial charge is 0.480 e. The van der Waals surface area contributed by atoms with Gasteiger partial charge in [0.1, 0.15) is 6.04 Å². The lowest BCUT2D eigenvalue weighted by molar-refractivity contribution is -0.139. The molecule has 12 heavy (non-hydrogen) atoms. The molecule has 0 aliphatic heterocycles. The van der Waals surface area contributed by atoms with Crippen molar-refractivity contribution in [2.45, 2.75) is 38.8 Å². The molecule has 72 valence electrons. The molecule has 0 aromatic rings. The van der Waals surface area contributed by atoms with Crippen molar-refractivity contribution in [2.24, 2.45) is 0 Å². The number of hydrogen-bond acceptors (Lipinski definition) is 3. The summed E-state index contributed by atoms with van der Waals surface area (Å²) >= 11 is 0. The maximum absolute atomic E-state index is 10.5. The van der Waals surface area contributed by atoms with Gasteiger partial charge in [0.15, 0.2) is 0 Å². The van der Waals surface area contributed by atoms with Crippen LogP contribution >= 0.6 is 0 Å². The molecule has 0 radical (unpaired) electrons. The molecule has 0 aromatic carbocycles. The molecule has 0 rings (SSSR count). The molecule has 0 amide bonds. The zero-order chi connectivity index (χ0) is 9.78. The van der Waals surface area contributed by atoms with Crippen molar-refractivity contribution in [3.63, 3.8) is 0 Å². The summed E-state index contributed by atoms with van der Waals surface area (Å²) in [6.45, 7) is 5.34. The van der Waals surface area contributed by atoms with Crippen LogP contribution in [0.25, 0.3) is 0 Å². The van der Waals surface area contributed by atoms with Gasteiger partial charge in [-0.2, -0.15) is 0 Å². The van der Waals surface area contributed by atoms with Crippen LogP contribution in [0.1, 0.15) is 27.2 Å². The lowest BCUT2D eigenvalue weighted by atomic mass is 10.1. The van der Waals surface area contributed by atoms with Crippen LogP contribution in [0.5, 0.6) is 0 Å². The Kier molecular flexibility index (Phi) is 4.20. The SMILES string of the molecule is CCC(NCC(C)(C)O)C(=O)O. The number of carboxylic acids is 1. The number of carbonyl (C=O) groups is 1. The molecule has 3 N–H and O–H groups in total. The van der Waals surface area contributed by atoms with E-state index in [2.05, 4.69) is 5.32 Å². The fourth-order valence-electron chi connectivity index (χ4n) is 0.779. The summed E-state index contributed by atoms with van der Waals surface area (Å²) in [6.07, 6.45) is 0.519. The van der Waals surface area contributed by atoms with E-state index in [1.54, 1.807) is 20.8 Å². The zero-order valence-electron chi connectivity index (χ0n) is 7.79. The Morgan fingerprint density at radius 1 is 1.58 bits per heavy atom. The third kappa shape index (κ3) is 5.09. The predicted octanol–water partition coefficient (Wildman–Crippen LogP) is 0.210. The minimum atomic E-state index is -0.873.